The number of rotatable bonds is 0. The molecule has 2 N–H and O–H groups in total. The van der Waals surface area contributed by atoms with Crippen LogP contribution in [-0.4, -0.2) is 5.50 Å². The third-order valence-electron chi connectivity index (χ3n) is 0. The fraction of sp³-hybridized carbons (Fsp3) is 0.500. The molecule has 0 aliphatic heterocycles. The Balaban J connectivity index is 2.32. The first-order valence-electron chi connectivity index (χ1n) is 0.960. The molecule has 0 aromatic heterocycles. The fourth-order valence-corrected chi connectivity index (χ4v) is 0. The van der Waals surface area contributed by atoms with Gasteiger partial charge in [-0.3, -0.25) is 0 Å². The summed E-state index contributed by atoms with van der Waals surface area (Å²) in [6.07, 6.45) is 0. The van der Waals surface area contributed by atoms with Crippen LogP contribution in [0.2, 0.25) is 0 Å². The zero-order chi connectivity index (χ0) is 3.58. The summed E-state index contributed by atoms with van der Waals surface area (Å²) in [5.41, 5.74) is 4.32. The van der Waals surface area contributed by atoms with E-state index in [1.165, 1.54) is 0 Å². The van der Waals surface area contributed by atoms with Crippen LogP contribution in [0.1, 0.15) is 0 Å². The summed E-state index contributed by atoms with van der Waals surface area (Å²) in [6, 6.07) is 0. The molecule has 0 aliphatic rings. The van der Waals surface area contributed by atoms with E-state index in [-0.39, 0.29) is 0 Å². The standard InChI is InChI=1S/C2H5ClN/c1-2(3)4/h2H,1,4H2. The fourth-order valence-electron chi connectivity index (χ4n) is 0. The van der Waals surface area contributed by atoms with Crippen molar-refractivity contribution in [3.63, 3.8) is 0 Å². The minimum absolute atomic E-state index is 0.444. The highest BCUT2D eigenvalue weighted by Gasteiger charge is 1.71. The van der Waals surface area contributed by atoms with Gasteiger partial charge in [0.05, 0.1) is 5.50 Å². The molecule has 0 rings (SSSR count). The van der Waals surface area contributed by atoms with Gasteiger partial charge in [-0.25, -0.2) is 0 Å². The zero-order valence-corrected chi connectivity index (χ0v) is 3.00. The predicted molar refractivity (Wildman–Crippen MR) is 19.2 cm³/mol. The van der Waals surface area contributed by atoms with Crippen molar-refractivity contribution in [3.8, 4) is 0 Å². The molecule has 0 spiro atoms. The molecule has 0 amide bonds. The summed E-state index contributed by atoms with van der Waals surface area (Å²) in [7, 11) is 0. The van der Waals surface area contributed by atoms with Crippen molar-refractivity contribution >= 4 is 11.6 Å². The molecule has 0 aromatic carbocycles. The van der Waals surface area contributed by atoms with E-state index in [9.17, 15) is 0 Å². The summed E-state index contributed by atoms with van der Waals surface area (Å²) in [5, 5.41) is 0. The van der Waals surface area contributed by atoms with E-state index < -0.39 is 5.50 Å². The van der Waals surface area contributed by atoms with E-state index in [1.807, 2.05) is 0 Å². The van der Waals surface area contributed by atoms with Crippen LogP contribution in [0.5, 0.6) is 0 Å². The highest BCUT2D eigenvalue weighted by atomic mass is 35.5. The third kappa shape index (κ3) is 56.3. The van der Waals surface area contributed by atoms with Gasteiger partial charge in [0.1, 0.15) is 0 Å². The van der Waals surface area contributed by atoms with Gasteiger partial charge in [0, 0.05) is 0 Å². The van der Waals surface area contributed by atoms with Crippen molar-refractivity contribution in [1.82, 2.24) is 0 Å². The normalized spacial score (nSPS) is 15.8. The first-order valence-corrected chi connectivity index (χ1v) is 1.40. The highest BCUT2D eigenvalue weighted by molar-refractivity contribution is 6.20. The lowest BCUT2D eigenvalue weighted by atomic mass is 10.8. The van der Waals surface area contributed by atoms with Crippen molar-refractivity contribution in [3.05, 3.63) is 6.92 Å². The lowest BCUT2D eigenvalue weighted by Crippen LogP contribution is -2.03. The van der Waals surface area contributed by atoms with Gasteiger partial charge in [-0.2, -0.15) is 0 Å². The molecule has 1 unspecified atom stereocenters. The second-order valence-electron chi connectivity index (χ2n) is 0.516. The van der Waals surface area contributed by atoms with Gasteiger partial charge in [0.15, 0.2) is 0 Å². The van der Waals surface area contributed by atoms with Crippen molar-refractivity contribution < 1.29 is 0 Å². The Labute approximate surface area is 30.7 Å². The van der Waals surface area contributed by atoms with Crippen LogP contribution in [0.15, 0.2) is 0 Å². The van der Waals surface area contributed by atoms with Gasteiger partial charge in [-0.1, -0.05) is 0 Å². The van der Waals surface area contributed by atoms with Crippen LogP contribution in [0.4, 0.5) is 0 Å². The highest BCUT2D eigenvalue weighted by Crippen LogP contribution is 1.73. The summed E-state index contributed by atoms with van der Waals surface area (Å²) in [4.78, 5) is 0. The topological polar surface area (TPSA) is 26.0 Å². The minimum Gasteiger partial charge on any atom is -0.315 e. The second kappa shape index (κ2) is 1.56. The largest absolute Gasteiger partial charge is 0.315 e. The lowest BCUT2D eigenvalue weighted by molar-refractivity contribution is 1.15. The van der Waals surface area contributed by atoms with Crippen LogP contribution in [0, 0.1) is 6.92 Å². The molecule has 0 heterocycles. The van der Waals surface area contributed by atoms with Crippen molar-refractivity contribution in [2.24, 2.45) is 5.73 Å². The molecule has 0 fully saturated rings. The van der Waals surface area contributed by atoms with E-state index >= 15 is 0 Å². The summed E-state index contributed by atoms with van der Waals surface area (Å²) >= 11 is 4.94. The lowest BCUT2D eigenvalue weighted by Gasteiger charge is -1.77. The monoisotopic (exact) mass is 78.0 g/mol. The molecule has 0 aromatic rings. The Morgan fingerprint density at radius 2 is 2.00 bits per heavy atom. The van der Waals surface area contributed by atoms with Crippen molar-refractivity contribution in [2.75, 3.05) is 0 Å². The van der Waals surface area contributed by atoms with E-state index in [0.717, 1.165) is 0 Å². The Hall–Kier alpha value is 0.250. The van der Waals surface area contributed by atoms with Gasteiger partial charge < -0.3 is 5.73 Å². The van der Waals surface area contributed by atoms with Crippen molar-refractivity contribution in [1.29, 1.82) is 0 Å². The van der Waals surface area contributed by atoms with E-state index in [0.29, 0.717) is 0 Å². The molecular weight excluding hydrogens is 73.5 g/mol. The van der Waals surface area contributed by atoms with Gasteiger partial charge in [-0.05, 0) is 6.92 Å². The van der Waals surface area contributed by atoms with E-state index in [2.05, 4.69) is 6.92 Å². The van der Waals surface area contributed by atoms with Gasteiger partial charge >= 0.3 is 0 Å². The molecule has 25 valence electrons. The molecule has 0 saturated carbocycles. The molecule has 0 bridgehead atoms. The third-order valence-corrected chi connectivity index (χ3v) is 0. The summed E-state index contributed by atoms with van der Waals surface area (Å²) < 4.78 is 0. The Kier molecular flexibility index (Phi) is 1.66. The van der Waals surface area contributed by atoms with Crippen LogP contribution >= 0.6 is 11.6 Å². The Bertz CT molecular complexity index is 10.8. The maximum absolute atomic E-state index is 4.94. The zero-order valence-electron chi connectivity index (χ0n) is 2.24. The molecule has 4 heavy (non-hydrogen) atoms. The quantitative estimate of drug-likeness (QED) is 0.328. The van der Waals surface area contributed by atoms with Gasteiger partial charge in [0.25, 0.3) is 0 Å². The average Bonchev–Trinajstić information content (AvgIpc) is 0.811. The Morgan fingerprint density at radius 3 is 2.00 bits per heavy atom. The van der Waals surface area contributed by atoms with Gasteiger partial charge in [-0.15, -0.1) is 11.6 Å². The van der Waals surface area contributed by atoms with Crippen LogP contribution in [0.3, 0.4) is 0 Å². The second-order valence-corrected chi connectivity index (χ2v) is 1.08. The number of hydrogen-bond acceptors (Lipinski definition) is 1. The predicted octanol–water partition coefficient (Wildman–Crippen LogP) is 0.344. The number of nitrogens with two attached hydrogens (primary N) is 1. The molecule has 0 aliphatic carbocycles. The molecule has 0 saturated heterocycles. The summed E-state index contributed by atoms with van der Waals surface area (Å²) in [6.45, 7) is 3.18. The first kappa shape index (κ1) is 4.25. The SMILES string of the molecule is [CH2]C(N)Cl. The van der Waals surface area contributed by atoms with E-state index in [1.54, 1.807) is 0 Å². The molecule has 1 atom stereocenters. The van der Waals surface area contributed by atoms with Crippen LogP contribution in [0.25, 0.3) is 0 Å². The number of alkyl halides is 1. The average molecular weight is 78.5 g/mol. The maximum Gasteiger partial charge on any atom is 0.0801 e. The van der Waals surface area contributed by atoms with Gasteiger partial charge in [0.2, 0.25) is 0 Å². The first-order chi connectivity index (χ1) is 1.73. The molecule has 1 nitrogen and oxygen atoms in total. The van der Waals surface area contributed by atoms with Crippen LogP contribution < -0.4 is 5.73 Å². The number of hydrogen-bond donors (Lipinski definition) is 1. The molecule has 2 heteroatoms. The minimum atomic E-state index is -0.444. The van der Waals surface area contributed by atoms with Crippen molar-refractivity contribution in [2.45, 2.75) is 5.50 Å². The smallest absolute Gasteiger partial charge is 0.0801 e. The maximum atomic E-state index is 4.94. The molecule has 1 radical (unpaired) electrons. The van der Waals surface area contributed by atoms with E-state index in [4.69, 9.17) is 17.3 Å². The number of halogens is 1. The molecular formula is C2H5ClN. The van der Waals surface area contributed by atoms with Crippen LogP contribution in [-0.2, 0) is 0 Å². The Morgan fingerprint density at radius 1 is 2.00 bits per heavy atom. The summed E-state index contributed by atoms with van der Waals surface area (Å²) in [5.74, 6) is 0.